The quantitative estimate of drug-likeness (QED) is 0.273. The summed E-state index contributed by atoms with van der Waals surface area (Å²) in [5, 5.41) is 18.5. The van der Waals surface area contributed by atoms with Crippen molar-refractivity contribution in [3.05, 3.63) is 17.7 Å². The van der Waals surface area contributed by atoms with Crippen LogP contribution in [0.3, 0.4) is 0 Å². The number of carbonyl (C=O) groups is 1. The molecule has 1 aromatic rings. The van der Waals surface area contributed by atoms with E-state index in [9.17, 15) is 23.4 Å². The molecule has 1 rings (SSSR count). The molecule has 9 heteroatoms. The maximum atomic E-state index is 11.3. The first-order chi connectivity index (χ1) is 7.77. The van der Waals surface area contributed by atoms with E-state index in [1.807, 2.05) is 0 Å². The molecule has 0 unspecified atom stereocenters. The third-order valence-corrected chi connectivity index (χ3v) is 2.70. The molecule has 0 spiro atoms. The van der Waals surface area contributed by atoms with Crippen LogP contribution in [-0.2, 0) is 10.1 Å². The van der Waals surface area contributed by atoms with E-state index in [0.29, 0.717) is 0 Å². The molecule has 0 saturated carbocycles. The van der Waals surface area contributed by atoms with Crippen LogP contribution in [0.1, 0.15) is 10.4 Å². The Bertz CT molecular complexity index is 553. The first-order valence-corrected chi connectivity index (χ1v) is 5.72. The summed E-state index contributed by atoms with van der Waals surface area (Å²) in [7, 11) is -3.33. The molecule has 0 aliphatic rings. The minimum atomic E-state index is -4.74. The molecular weight excluding hydrogens is 252 g/mol. The van der Waals surface area contributed by atoms with Crippen molar-refractivity contribution >= 4 is 16.0 Å². The van der Waals surface area contributed by atoms with Crippen molar-refractivity contribution in [1.82, 2.24) is 10.9 Å². The SMILES string of the molecule is CNNC(=O)c1cc(O)c(O)c(S(=O)(=O)O)c1. The maximum absolute atomic E-state index is 11.3. The van der Waals surface area contributed by atoms with Crippen LogP contribution >= 0.6 is 0 Å². The highest BCUT2D eigenvalue weighted by molar-refractivity contribution is 7.86. The van der Waals surface area contributed by atoms with E-state index in [2.05, 4.69) is 10.9 Å². The third kappa shape index (κ3) is 2.84. The summed E-state index contributed by atoms with van der Waals surface area (Å²) in [6.45, 7) is 0. The summed E-state index contributed by atoms with van der Waals surface area (Å²) in [5.74, 6) is -2.59. The first-order valence-electron chi connectivity index (χ1n) is 4.28. The molecule has 0 bridgehead atoms. The highest BCUT2D eigenvalue weighted by Crippen LogP contribution is 2.33. The molecule has 8 nitrogen and oxygen atoms in total. The van der Waals surface area contributed by atoms with Gasteiger partial charge in [-0.15, -0.1) is 0 Å². The molecular formula is C8H10N2O6S. The van der Waals surface area contributed by atoms with Gasteiger partial charge in [-0.3, -0.25) is 14.8 Å². The van der Waals surface area contributed by atoms with Crippen molar-refractivity contribution in [2.75, 3.05) is 7.05 Å². The number of benzene rings is 1. The van der Waals surface area contributed by atoms with Gasteiger partial charge in [0.05, 0.1) is 0 Å². The van der Waals surface area contributed by atoms with Crippen molar-refractivity contribution in [2.24, 2.45) is 0 Å². The van der Waals surface area contributed by atoms with Gasteiger partial charge in [0.1, 0.15) is 4.90 Å². The number of carbonyl (C=O) groups excluding carboxylic acids is 1. The van der Waals surface area contributed by atoms with Crippen LogP contribution in [0.4, 0.5) is 0 Å². The lowest BCUT2D eigenvalue weighted by atomic mass is 10.2. The molecule has 0 aromatic heterocycles. The first kappa shape index (κ1) is 13.2. The molecule has 1 amide bonds. The van der Waals surface area contributed by atoms with E-state index in [1.165, 1.54) is 7.05 Å². The lowest BCUT2D eigenvalue weighted by Crippen LogP contribution is -2.34. The normalized spacial score (nSPS) is 11.2. The smallest absolute Gasteiger partial charge is 0.298 e. The van der Waals surface area contributed by atoms with E-state index in [-0.39, 0.29) is 5.56 Å². The molecule has 1 aromatic carbocycles. The molecule has 0 aliphatic heterocycles. The lowest BCUT2D eigenvalue weighted by molar-refractivity contribution is 0.0937. The van der Waals surface area contributed by atoms with Crippen LogP contribution in [-0.4, -0.2) is 36.1 Å². The summed E-state index contributed by atoms with van der Waals surface area (Å²) < 4.78 is 30.5. The highest BCUT2D eigenvalue weighted by atomic mass is 32.2. The molecule has 0 atom stereocenters. The van der Waals surface area contributed by atoms with Gasteiger partial charge in [0.2, 0.25) is 0 Å². The van der Waals surface area contributed by atoms with Gasteiger partial charge in [-0.25, -0.2) is 5.43 Å². The Kier molecular flexibility index (Phi) is 3.56. The predicted molar refractivity (Wildman–Crippen MR) is 56.1 cm³/mol. The molecule has 94 valence electrons. The molecule has 0 saturated heterocycles. The Hall–Kier alpha value is -1.84. The fourth-order valence-electron chi connectivity index (χ4n) is 1.11. The van der Waals surface area contributed by atoms with Crippen LogP contribution in [0.15, 0.2) is 17.0 Å². The standard InChI is InChI=1S/C8H10N2O6S/c1-9-10-8(13)4-2-5(11)7(12)6(3-4)17(14,15)16/h2-3,9,11-12H,1H3,(H,10,13)(H,14,15,16). The van der Waals surface area contributed by atoms with Crippen LogP contribution in [0.5, 0.6) is 11.5 Å². The van der Waals surface area contributed by atoms with E-state index >= 15 is 0 Å². The number of rotatable bonds is 3. The Balaban J connectivity index is 3.39. The molecule has 0 fully saturated rings. The number of amides is 1. The second kappa shape index (κ2) is 4.57. The fourth-order valence-corrected chi connectivity index (χ4v) is 1.73. The minimum absolute atomic E-state index is 0.248. The Morgan fingerprint density at radius 2 is 1.88 bits per heavy atom. The number of nitrogens with one attached hydrogen (secondary N) is 2. The predicted octanol–water partition coefficient (Wildman–Crippen LogP) is -0.791. The third-order valence-electron chi connectivity index (χ3n) is 1.83. The summed E-state index contributed by atoms with van der Waals surface area (Å²) in [6, 6.07) is 1.59. The van der Waals surface area contributed by atoms with Gasteiger partial charge >= 0.3 is 0 Å². The molecule has 0 heterocycles. The number of phenolic OH excluding ortho intramolecular Hbond substituents is 2. The molecule has 17 heavy (non-hydrogen) atoms. The van der Waals surface area contributed by atoms with Crippen LogP contribution in [0, 0.1) is 0 Å². The van der Waals surface area contributed by atoms with Crippen molar-refractivity contribution < 1.29 is 28.0 Å². The summed E-state index contributed by atoms with van der Waals surface area (Å²) in [5.41, 5.74) is 4.18. The second-order valence-electron chi connectivity index (χ2n) is 3.02. The number of phenols is 2. The zero-order chi connectivity index (χ0) is 13.2. The zero-order valence-electron chi connectivity index (χ0n) is 8.63. The Labute approximate surface area is 96.6 Å². The van der Waals surface area contributed by atoms with Gasteiger partial charge in [0.15, 0.2) is 11.5 Å². The summed E-state index contributed by atoms with van der Waals surface area (Å²) >= 11 is 0. The van der Waals surface area contributed by atoms with Crippen molar-refractivity contribution in [3.63, 3.8) is 0 Å². The average Bonchev–Trinajstić information content (AvgIpc) is 2.20. The van der Waals surface area contributed by atoms with Crippen molar-refractivity contribution in [2.45, 2.75) is 4.90 Å². The maximum Gasteiger partial charge on any atom is 0.298 e. The van der Waals surface area contributed by atoms with Gasteiger partial charge in [-0.1, -0.05) is 0 Å². The Morgan fingerprint density at radius 1 is 1.29 bits per heavy atom. The lowest BCUT2D eigenvalue weighted by Gasteiger charge is -2.07. The van der Waals surface area contributed by atoms with E-state index in [0.717, 1.165) is 12.1 Å². The van der Waals surface area contributed by atoms with Crippen LogP contribution < -0.4 is 10.9 Å². The average molecular weight is 262 g/mol. The summed E-state index contributed by atoms with van der Waals surface area (Å²) in [6.07, 6.45) is 0. The van der Waals surface area contributed by atoms with Gasteiger partial charge in [-0.05, 0) is 12.1 Å². The van der Waals surface area contributed by atoms with Crippen LogP contribution in [0.2, 0.25) is 0 Å². The van der Waals surface area contributed by atoms with E-state index in [4.69, 9.17) is 4.55 Å². The topological polar surface area (TPSA) is 136 Å². The second-order valence-corrected chi connectivity index (χ2v) is 4.41. The van der Waals surface area contributed by atoms with Gasteiger partial charge in [0, 0.05) is 12.6 Å². The van der Waals surface area contributed by atoms with Crippen molar-refractivity contribution in [3.8, 4) is 11.5 Å². The van der Waals surface area contributed by atoms with Crippen LogP contribution in [0.25, 0.3) is 0 Å². The summed E-state index contributed by atoms with van der Waals surface area (Å²) in [4.78, 5) is 10.4. The van der Waals surface area contributed by atoms with Gasteiger partial charge < -0.3 is 10.2 Å². The van der Waals surface area contributed by atoms with E-state index in [1.54, 1.807) is 0 Å². The van der Waals surface area contributed by atoms with E-state index < -0.39 is 32.4 Å². The number of hydrogen-bond donors (Lipinski definition) is 5. The fraction of sp³-hybridized carbons (Fsp3) is 0.125. The minimum Gasteiger partial charge on any atom is -0.504 e. The van der Waals surface area contributed by atoms with Gasteiger partial charge in [0.25, 0.3) is 16.0 Å². The molecule has 5 N–H and O–H groups in total. The molecule has 0 aliphatic carbocycles. The number of aromatic hydroxyl groups is 2. The zero-order valence-corrected chi connectivity index (χ0v) is 9.45. The number of hydrazine groups is 1. The highest BCUT2D eigenvalue weighted by Gasteiger charge is 2.21. The Morgan fingerprint density at radius 3 is 2.35 bits per heavy atom. The van der Waals surface area contributed by atoms with Gasteiger partial charge in [-0.2, -0.15) is 8.42 Å². The van der Waals surface area contributed by atoms with Crippen molar-refractivity contribution in [1.29, 1.82) is 0 Å². The largest absolute Gasteiger partial charge is 0.504 e. The monoisotopic (exact) mass is 262 g/mol. The number of hydrogen-bond acceptors (Lipinski definition) is 6. The molecule has 0 radical (unpaired) electrons.